The molecule has 0 amide bonds. The zero-order valence-electron chi connectivity index (χ0n) is 5.76. The van der Waals surface area contributed by atoms with E-state index in [1.807, 2.05) is 13.8 Å². The van der Waals surface area contributed by atoms with Gasteiger partial charge in [-0.05, 0) is 13.8 Å². The normalized spacial score (nSPS) is 30.1. The predicted octanol–water partition coefficient (Wildman–Crippen LogP) is 0.265. The fourth-order valence-corrected chi connectivity index (χ4v) is 2.70. The smallest absolute Gasteiger partial charge is 0.194 e. The first-order chi connectivity index (χ1) is 4.40. The van der Waals surface area contributed by atoms with Gasteiger partial charge in [0.25, 0.3) is 10.2 Å². The summed E-state index contributed by atoms with van der Waals surface area (Å²) in [6.45, 7) is 4.39. The predicted molar refractivity (Wildman–Crippen MR) is 46.9 cm³/mol. The summed E-state index contributed by atoms with van der Waals surface area (Å²) in [6.07, 6.45) is 0. The monoisotopic (exact) mass is 276 g/mol. The number of rotatable bonds is 2. The van der Waals surface area contributed by atoms with Crippen LogP contribution >= 0.6 is 22.9 Å². The van der Waals surface area contributed by atoms with Gasteiger partial charge in [-0.1, -0.05) is 0 Å². The lowest BCUT2D eigenvalue weighted by atomic mass is 10.3. The second kappa shape index (κ2) is 2.29. The van der Waals surface area contributed by atoms with E-state index in [0.717, 1.165) is 0 Å². The minimum atomic E-state index is -3.16. The highest BCUT2D eigenvalue weighted by atomic mass is 127. The van der Waals surface area contributed by atoms with Gasteiger partial charge in [-0.15, -0.1) is 2.94 Å². The standard InChI is InChI=1S/C4H9IN2O2S/c1-4(2)3-7(4)10(8,9)6-5/h6H,3H2,1-2H3. The molecule has 1 atom stereocenters. The zero-order chi connectivity index (χ0) is 7.99. The van der Waals surface area contributed by atoms with Crippen LogP contribution in [0, 0.1) is 0 Å². The van der Waals surface area contributed by atoms with Crippen molar-refractivity contribution in [1.29, 1.82) is 0 Å². The lowest BCUT2D eigenvalue weighted by Crippen LogP contribution is -2.25. The highest BCUT2D eigenvalue weighted by molar-refractivity contribution is 14.1. The SMILES string of the molecule is CC1(C)CN1S(=O)(=O)NI. The highest BCUT2D eigenvalue weighted by Crippen LogP contribution is 2.33. The number of nitrogens with one attached hydrogen (secondary N) is 1. The molecule has 10 heavy (non-hydrogen) atoms. The molecule has 6 heteroatoms. The van der Waals surface area contributed by atoms with Crippen LogP contribution in [0.1, 0.15) is 13.8 Å². The van der Waals surface area contributed by atoms with Gasteiger partial charge >= 0.3 is 0 Å². The lowest BCUT2D eigenvalue weighted by molar-refractivity contribution is 0.529. The van der Waals surface area contributed by atoms with E-state index in [4.69, 9.17) is 0 Å². The van der Waals surface area contributed by atoms with Gasteiger partial charge in [0.15, 0.2) is 0 Å². The van der Waals surface area contributed by atoms with E-state index < -0.39 is 10.2 Å². The van der Waals surface area contributed by atoms with E-state index in [9.17, 15) is 8.42 Å². The number of nitrogens with zero attached hydrogens (tertiary/aromatic N) is 1. The van der Waals surface area contributed by atoms with Crippen LogP contribution in [0.3, 0.4) is 0 Å². The van der Waals surface area contributed by atoms with E-state index in [0.29, 0.717) is 6.54 Å². The molecule has 0 radical (unpaired) electrons. The maximum Gasteiger partial charge on any atom is 0.288 e. The van der Waals surface area contributed by atoms with Crippen LogP contribution < -0.4 is 2.94 Å². The third kappa shape index (κ3) is 1.44. The van der Waals surface area contributed by atoms with Crippen LogP contribution in [0.2, 0.25) is 0 Å². The van der Waals surface area contributed by atoms with Gasteiger partial charge in [0.1, 0.15) is 0 Å². The van der Waals surface area contributed by atoms with E-state index in [2.05, 4.69) is 2.94 Å². The molecule has 1 aliphatic rings. The summed E-state index contributed by atoms with van der Waals surface area (Å²) in [6, 6.07) is 0. The van der Waals surface area contributed by atoms with Crippen molar-refractivity contribution < 1.29 is 8.42 Å². The van der Waals surface area contributed by atoms with Crippen molar-refractivity contribution in [3.05, 3.63) is 0 Å². The zero-order valence-corrected chi connectivity index (χ0v) is 8.73. The van der Waals surface area contributed by atoms with Crippen LogP contribution in [0.25, 0.3) is 0 Å². The summed E-state index contributed by atoms with van der Waals surface area (Å²) in [5.41, 5.74) is -0.170. The molecule has 1 fully saturated rings. The Morgan fingerprint density at radius 3 is 2.10 bits per heavy atom. The molecule has 1 aliphatic heterocycles. The molecule has 0 aromatic carbocycles. The van der Waals surface area contributed by atoms with Gasteiger partial charge in [-0.3, -0.25) is 0 Å². The van der Waals surface area contributed by atoms with Gasteiger partial charge in [0.2, 0.25) is 0 Å². The number of halogens is 1. The molecule has 1 rings (SSSR count). The van der Waals surface area contributed by atoms with Crippen molar-refractivity contribution in [1.82, 2.24) is 7.24 Å². The number of hydrogen-bond acceptors (Lipinski definition) is 2. The van der Waals surface area contributed by atoms with Crippen LogP contribution in [0.5, 0.6) is 0 Å². The Morgan fingerprint density at radius 1 is 1.60 bits per heavy atom. The lowest BCUT2D eigenvalue weighted by Gasteiger charge is -2.04. The molecule has 0 saturated carbocycles. The van der Waals surface area contributed by atoms with Gasteiger partial charge in [0.05, 0.1) is 0 Å². The van der Waals surface area contributed by atoms with Crippen molar-refractivity contribution >= 4 is 33.1 Å². The van der Waals surface area contributed by atoms with E-state index in [1.165, 1.54) is 4.31 Å². The Morgan fingerprint density at radius 2 is 2.00 bits per heavy atom. The fraction of sp³-hybridized carbons (Fsp3) is 1.00. The molecular formula is C4H9IN2O2S. The molecule has 0 spiro atoms. The molecule has 1 unspecified atom stereocenters. The number of hydrogen-bond donors (Lipinski definition) is 1. The Hall–Kier alpha value is 0.600. The van der Waals surface area contributed by atoms with E-state index in [-0.39, 0.29) is 5.54 Å². The van der Waals surface area contributed by atoms with Gasteiger partial charge in [-0.25, -0.2) is 0 Å². The van der Waals surface area contributed by atoms with Crippen molar-refractivity contribution in [3.63, 3.8) is 0 Å². The first-order valence-corrected chi connectivity index (χ1v) is 5.32. The van der Waals surface area contributed by atoms with Crippen molar-refractivity contribution in [2.24, 2.45) is 0 Å². The van der Waals surface area contributed by atoms with Crippen LogP contribution in [0.4, 0.5) is 0 Å². The first kappa shape index (κ1) is 8.69. The molecule has 4 nitrogen and oxygen atoms in total. The quantitative estimate of drug-likeness (QED) is 0.447. The molecule has 1 saturated heterocycles. The Balaban J connectivity index is 2.73. The fourth-order valence-electron chi connectivity index (χ4n) is 0.768. The highest BCUT2D eigenvalue weighted by Gasteiger charge is 2.51. The summed E-state index contributed by atoms with van der Waals surface area (Å²) >= 11 is 1.62. The first-order valence-electron chi connectivity index (χ1n) is 2.80. The largest absolute Gasteiger partial charge is 0.288 e. The Labute approximate surface area is 74.7 Å². The molecule has 1 N–H and O–H groups in total. The van der Waals surface area contributed by atoms with Crippen LogP contribution in [0.15, 0.2) is 0 Å². The molecule has 60 valence electrons. The molecule has 0 aromatic rings. The second-order valence-electron chi connectivity index (χ2n) is 2.90. The molecule has 0 bridgehead atoms. The maximum absolute atomic E-state index is 11.0. The maximum atomic E-state index is 11.0. The third-order valence-electron chi connectivity index (χ3n) is 1.49. The van der Waals surface area contributed by atoms with Crippen LogP contribution in [-0.4, -0.2) is 24.8 Å². The van der Waals surface area contributed by atoms with Crippen molar-refractivity contribution in [3.8, 4) is 0 Å². The molecule has 1 heterocycles. The minimum Gasteiger partial charge on any atom is -0.194 e. The topological polar surface area (TPSA) is 49.2 Å². The van der Waals surface area contributed by atoms with Gasteiger partial charge in [0, 0.05) is 34.9 Å². The van der Waals surface area contributed by atoms with Gasteiger partial charge in [-0.2, -0.15) is 12.7 Å². The van der Waals surface area contributed by atoms with Gasteiger partial charge < -0.3 is 0 Å². The Bertz CT molecular complexity index is 236. The summed E-state index contributed by atoms with van der Waals surface area (Å²) in [5, 5.41) is 0. The van der Waals surface area contributed by atoms with E-state index in [1.54, 1.807) is 22.9 Å². The summed E-state index contributed by atoms with van der Waals surface area (Å²) in [4.78, 5) is 0. The second-order valence-corrected chi connectivity index (χ2v) is 5.77. The average molecular weight is 276 g/mol. The van der Waals surface area contributed by atoms with Crippen molar-refractivity contribution in [2.45, 2.75) is 19.4 Å². The molecular weight excluding hydrogens is 267 g/mol. The summed E-state index contributed by atoms with van der Waals surface area (Å²) < 4.78 is 25.6. The molecule has 0 aromatic heterocycles. The third-order valence-corrected chi connectivity index (χ3v) is 4.56. The Kier molecular flexibility index (Phi) is 1.99. The molecule has 0 aliphatic carbocycles. The summed E-state index contributed by atoms with van der Waals surface area (Å²) in [7, 11) is -3.16. The van der Waals surface area contributed by atoms with Crippen molar-refractivity contribution in [2.75, 3.05) is 6.54 Å². The minimum absolute atomic E-state index is 0.170. The summed E-state index contributed by atoms with van der Waals surface area (Å²) in [5.74, 6) is 0. The average Bonchev–Trinajstić information content (AvgIpc) is 2.41. The van der Waals surface area contributed by atoms with E-state index >= 15 is 0 Å². The van der Waals surface area contributed by atoms with Crippen LogP contribution in [-0.2, 0) is 10.2 Å².